The molecule has 28 heavy (non-hydrogen) atoms. The smallest absolute Gasteiger partial charge is 0.254 e. The zero-order valence-corrected chi connectivity index (χ0v) is 16.7. The number of aliphatic hydroxyl groups is 1. The summed E-state index contributed by atoms with van der Waals surface area (Å²) in [5.41, 5.74) is 7.20. The minimum absolute atomic E-state index is 0.388. The first-order chi connectivity index (χ1) is 13.3. The largest absolute Gasteiger partial charge is 0.488 e. The number of aliphatic hydroxyl groups excluding tert-OH is 1. The molecule has 148 valence electrons. The van der Waals surface area contributed by atoms with Crippen LogP contribution < -0.4 is 15.8 Å². The molecule has 0 aliphatic rings. The van der Waals surface area contributed by atoms with Gasteiger partial charge in [0.2, 0.25) is 5.91 Å². The average molecular weight is 402 g/mol. The number of nitrogens with one attached hydrogen (secondary N) is 1. The third-order valence-corrected chi connectivity index (χ3v) is 5.46. The van der Waals surface area contributed by atoms with Crippen LogP contribution in [0.3, 0.4) is 0 Å². The van der Waals surface area contributed by atoms with Gasteiger partial charge in [-0.05, 0) is 32.0 Å². The highest BCUT2D eigenvalue weighted by Gasteiger charge is 2.23. The maximum Gasteiger partial charge on any atom is 0.254 e. The quantitative estimate of drug-likeness (QED) is 0.552. The number of carbonyl (C=O) groups excluding carboxylic acids is 2. The number of hydrogen-bond donors (Lipinski definition) is 3. The number of fused-ring (bicyclic) bond motifs is 1. The van der Waals surface area contributed by atoms with Crippen LogP contribution in [-0.4, -0.2) is 39.1 Å². The molecule has 0 aliphatic heterocycles. The van der Waals surface area contributed by atoms with Crippen molar-refractivity contribution < 1.29 is 19.4 Å². The average Bonchev–Trinajstić information content (AvgIpc) is 3.18. The van der Waals surface area contributed by atoms with Crippen molar-refractivity contribution in [3.63, 3.8) is 0 Å². The fourth-order valence-corrected chi connectivity index (χ4v) is 3.70. The summed E-state index contributed by atoms with van der Waals surface area (Å²) >= 11 is 1.57. The molecule has 2 heterocycles. The second kappa shape index (κ2) is 7.99. The molecule has 9 heteroatoms. The van der Waals surface area contributed by atoms with Crippen LogP contribution in [0, 0.1) is 13.8 Å². The molecule has 4 N–H and O–H groups in total. The summed E-state index contributed by atoms with van der Waals surface area (Å²) in [5.74, 6) is -0.652. The Kier molecular flexibility index (Phi) is 5.66. The summed E-state index contributed by atoms with van der Waals surface area (Å²) in [6, 6.07) is 4.38. The molecule has 0 bridgehead atoms. The van der Waals surface area contributed by atoms with Crippen molar-refractivity contribution in [2.24, 2.45) is 12.8 Å². The molecular weight excluding hydrogens is 380 g/mol. The van der Waals surface area contributed by atoms with Gasteiger partial charge in [0.15, 0.2) is 0 Å². The molecule has 2 aromatic heterocycles. The normalized spacial score (nSPS) is 12.1. The summed E-state index contributed by atoms with van der Waals surface area (Å²) in [7, 11) is 1.85. The Balaban J connectivity index is 1.91. The number of primary amides is 1. The molecule has 0 saturated carbocycles. The van der Waals surface area contributed by atoms with Crippen LogP contribution in [0.15, 0.2) is 24.4 Å². The van der Waals surface area contributed by atoms with Gasteiger partial charge >= 0.3 is 0 Å². The van der Waals surface area contributed by atoms with E-state index in [1.54, 1.807) is 23.6 Å². The van der Waals surface area contributed by atoms with Gasteiger partial charge in [-0.15, -0.1) is 11.3 Å². The van der Waals surface area contributed by atoms with Gasteiger partial charge in [-0.2, -0.15) is 0 Å². The lowest BCUT2D eigenvalue weighted by atomic mass is 10.1. The minimum Gasteiger partial charge on any atom is -0.488 e. The maximum atomic E-state index is 12.8. The van der Waals surface area contributed by atoms with Crippen molar-refractivity contribution >= 4 is 34.1 Å². The first-order valence-electron chi connectivity index (χ1n) is 8.66. The number of benzene rings is 1. The van der Waals surface area contributed by atoms with Gasteiger partial charge in [-0.3, -0.25) is 9.59 Å². The van der Waals surface area contributed by atoms with Gasteiger partial charge in [0.05, 0.1) is 22.1 Å². The third-order valence-electron chi connectivity index (χ3n) is 4.57. The standard InChI is InChI=1S/C19H22N4O4S/c1-10-17(19(26)22-15(8-24)18(20)25)14-6-12(4-5-16(14)23(10)3)27-9-13-7-21-11(2)28-13/h4-7,15,24H,8-9H2,1-3H3,(H2,20,25)(H,22,26)/t15-/m0/s1. The molecule has 2 amide bonds. The molecular formula is C19H22N4O4S. The molecule has 0 unspecified atom stereocenters. The Morgan fingerprint density at radius 1 is 1.39 bits per heavy atom. The van der Waals surface area contributed by atoms with Gasteiger partial charge in [0, 0.05) is 29.8 Å². The van der Waals surface area contributed by atoms with Crippen molar-refractivity contribution in [3.05, 3.63) is 45.5 Å². The third kappa shape index (κ3) is 3.85. The highest BCUT2D eigenvalue weighted by Crippen LogP contribution is 2.29. The van der Waals surface area contributed by atoms with Crippen LogP contribution >= 0.6 is 11.3 Å². The predicted octanol–water partition coefficient (Wildman–Crippen LogP) is 1.41. The Morgan fingerprint density at radius 3 is 2.75 bits per heavy atom. The van der Waals surface area contributed by atoms with Gasteiger partial charge in [-0.1, -0.05) is 0 Å². The molecule has 3 aromatic rings. The predicted molar refractivity (Wildman–Crippen MR) is 106 cm³/mol. The number of ether oxygens (including phenoxy) is 1. The van der Waals surface area contributed by atoms with Gasteiger partial charge in [-0.25, -0.2) is 4.98 Å². The number of thiazole rings is 1. The number of rotatable bonds is 7. The minimum atomic E-state index is -1.14. The Morgan fingerprint density at radius 2 is 2.14 bits per heavy atom. The first-order valence-corrected chi connectivity index (χ1v) is 9.47. The Labute approximate surface area is 165 Å². The molecule has 1 aromatic carbocycles. The lowest BCUT2D eigenvalue weighted by Crippen LogP contribution is -2.46. The van der Waals surface area contributed by atoms with Crippen molar-refractivity contribution in [2.75, 3.05) is 6.61 Å². The molecule has 0 radical (unpaired) electrons. The maximum absolute atomic E-state index is 12.8. The van der Waals surface area contributed by atoms with E-state index < -0.39 is 24.5 Å². The van der Waals surface area contributed by atoms with E-state index in [0.717, 1.165) is 21.1 Å². The van der Waals surface area contributed by atoms with E-state index >= 15 is 0 Å². The van der Waals surface area contributed by atoms with E-state index in [1.807, 2.05) is 37.6 Å². The van der Waals surface area contributed by atoms with E-state index in [4.69, 9.17) is 10.5 Å². The number of carbonyl (C=O) groups is 2. The molecule has 0 saturated heterocycles. The summed E-state index contributed by atoms with van der Waals surface area (Å²) < 4.78 is 7.74. The second-order valence-electron chi connectivity index (χ2n) is 6.44. The van der Waals surface area contributed by atoms with Crippen LogP contribution in [0.1, 0.15) is 25.9 Å². The van der Waals surface area contributed by atoms with Crippen LogP contribution in [0.2, 0.25) is 0 Å². The van der Waals surface area contributed by atoms with E-state index in [-0.39, 0.29) is 0 Å². The highest BCUT2D eigenvalue weighted by atomic mass is 32.1. The SMILES string of the molecule is Cc1ncc(COc2ccc3c(c2)c(C(=O)N[C@@H](CO)C(N)=O)c(C)n3C)s1. The molecule has 8 nitrogen and oxygen atoms in total. The van der Waals surface area contributed by atoms with Crippen LogP contribution in [-0.2, 0) is 18.4 Å². The Hall–Kier alpha value is -2.91. The topological polar surface area (TPSA) is 119 Å². The number of nitrogens with two attached hydrogens (primary N) is 1. The van der Waals surface area contributed by atoms with Crippen molar-refractivity contribution in [3.8, 4) is 5.75 Å². The summed E-state index contributed by atoms with van der Waals surface area (Å²) in [5, 5.41) is 13.4. The Bertz CT molecular complexity index is 1040. The number of aromatic nitrogens is 2. The number of nitrogens with zero attached hydrogens (tertiary/aromatic N) is 2. The van der Waals surface area contributed by atoms with E-state index in [0.29, 0.717) is 23.3 Å². The molecule has 0 aliphatic carbocycles. The van der Waals surface area contributed by atoms with Gasteiger partial charge < -0.3 is 25.5 Å². The van der Waals surface area contributed by atoms with Crippen LogP contribution in [0.25, 0.3) is 10.9 Å². The van der Waals surface area contributed by atoms with Crippen LogP contribution in [0.4, 0.5) is 0 Å². The summed E-state index contributed by atoms with van der Waals surface area (Å²) in [4.78, 5) is 29.3. The zero-order valence-electron chi connectivity index (χ0n) is 15.9. The molecule has 3 rings (SSSR count). The molecule has 1 atom stereocenters. The lowest BCUT2D eigenvalue weighted by Gasteiger charge is -2.13. The van der Waals surface area contributed by atoms with E-state index in [9.17, 15) is 14.7 Å². The van der Waals surface area contributed by atoms with Crippen LogP contribution in [0.5, 0.6) is 5.75 Å². The van der Waals surface area contributed by atoms with Crippen molar-refractivity contribution in [2.45, 2.75) is 26.5 Å². The highest BCUT2D eigenvalue weighted by molar-refractivity contribution is 7.11. The molecule has 0 fully saturated rings. The summed E-state index contributed by atoms with van der Waals surface area (Å²) in [6.45, 7) is 3.57. The van der Waals surface area contributed by atoms with Crippen molar-refractivity contribution in [1.82, 2.24) is 14.9 Å². The number of amides is 2. The van der Waals surface area contributed by atoms with Gasteiger partial charge in [0.1, 0.15) is 18.4 Å². The monoisotopic (exact) mass is 402 g/mol. The molecule has 0 spiro atoms. The lowest BCUT2D eigenvalue weighted by molar-refractivity contribution is -0.120. The fourth-order valence-electron chi connectivity index (χ4n) is 2.99. The zero-order chi connectivity index (χ0) is 20.4. The fraction of sp³-hybridized carbons (Fsp3) is 0.316. The van der Waals surface area contributed by atoms with E-state index in [2.05, 4.69) is 10.3 Å². The van der Waals surface area contributed by atoms with E-state index in [1.165, 1.54) is 0 Å². The second-order valence-corrected chi connectivity index (χ2v) is 7.76. The number of aryl methyl sites for hydroxylation is 2. The van der Waals surface area contributed by atoms with Gasteiger partial charge in [0.25, 0.3) is 5.91 Å². The number of hydrogen-bond acceptors (Lipinski definition) is 6. The summed E-state index contributed by atoms with van der Waals surface area (Å²) in [6.07, 6.45) is 1.78. The van der Waals surface area contributed by atoms with Crippen molar-refractivity contribution in [1.29, 1.82) is 0 Å². The first kappa shape index (κ1) is 19.8.